The molecule has 96 valence electrons. The molecule has 7 nitrogen and oxygen atoms in total. The lowest BCUT2D eigenvalue weighted by molar-refractivity contribution is -0.137. The van der Waals surface area contributed by atoms with Gasteiger partial charge in [-0.1, -0.05) is 0 Å². The van der Waals surface area contributed by atoms with E-state index in [-0.39, 0.29) is 47.6 Å². The second kappa shape index (κ2) is 4.44. The molecule has 7 heteroatoms. The first-order valence-corrected chi connectivity index (χ1v) is 5.28. The number of phenols is 3. The Bertz CT molecular complexity index is 483. The number of phenolic OH excluding ortho intramolecular Hbond substituents is 3. The number of nitrogens with one attached hydrogen (secondary N) is 2. The lowest BCUT2D eigenvalue weighted by Crippen LogP contribution is -2.56. The number of carbonyl (C=O) groups is 2. The topological polar surface area (TPSA) is 119 Å². The molecular formula is C11H12N2O5. The van der Waals surface area contributed by atoms with E-state index in [9.17, 15) is 19.8 Å². The predicted molar refractivity (Wildman–Crippen MR) is 59.8 cm³/mol. The van der Waals surface area contributed by atoms with Gasteiger partial charge in [-0.15, -0.1) is 0 Å². The molecule has 2 rings (SSSR count). The van der Waals surface area contributed by atoms with Gasteiger partial charge in [0.1, 0.15) is 23.3 Å². The Labute approximate surface area is 102 Å². The number of benzene rings is 1. The summed E-state index contributed by atoms with van der Waals surface area (Å²) in [5.41, 5.74) is 0.104. The lowest BCUT2D eigenvalue weighted by atomic mass is 10.1. The van der Waals surface area contributed by atoms with Crippen molar-refractivity contribution in [3.05, 3.63) is 17.7 Å². The van der Waals surface area contributed by atoms with Gasteiger partial charge in [0.05, 0.1) is 18.5 Å². The zero-order valence-corrected chi connectivity index (χ0v) is 9.30. The fourth-order valence-corrected chi connectivity index (χ4v) is 1.62. The molecule has 5 N–H and O–H groups in total. The highest BCUT2D eigenvalue weighted by molar-refractivity contribution is 5.97. The Morgan fingerprint density at radius 2 is 1.89 bits per heavy atom. The number of carbonyl (C=O) groups excluding carboxylic acids is 2. The van der Waals surface area contributed by atoms with E-state index in [1.165, 1.54) is 0 Å². The highest BCUT2D eigenvalue weighted by atomic mass is 16.3. The molecule has 0 unspecified atom stereocenters. The summed E-state index contributed by atoms with van der Waals surface area (Å²) in [5.74, 6) is -1.48. The van der Waals surface area contributed by atoms with E-state index in [1.807, 2.05) is 0 Å². The van der Waals surface area contributed by atoms with Gasteiger partial charge in [-0.25, -0.2) is 0 Å². The normalized spacial score (nSPS) is 17.8. The number of rotatable bonds is 3. The van der Waals surface area contributed by atoms with Crippen LogP contribution in [0.15, 0.2) is 12.1 Å². The van der Waals surface area contributed by atoms with E-state index < -0.39 is 6.04 Å². The summed E-state index contributed by atoms with van der Waals surface area (Å²) in [6.45, 7) is -0.0941. The summed E-state index contributed by atoms with van der Waals surface area (Å²) in [4.78, 5) is 22.1. The van der Waals surface area contributed by atoms with Gasteiger partial charge in [-0.2, -0.15) is 0 Å². The third kappa shape index (κ3) is 2.29. The Balaban J connectivity index is 1.98. The molecule has 1 aliphatic rings. The summed E-state index contributed by atoms with van der Waals surface area (Å²) in [7, 11) is 0. The zero-order valence-electron chi connectivity index (χ0n) is 9.30. The van der Waals surface area contributed by atoms with Crippen LogP contribution >= 0.6 is 0 Å². The molecule has 0 aliphatic carbocycles. The van der Waals surface area contributed by atoms with Crippen molar-refractivity contribution in [1.29, 1.82) is 0 Å². The van der Waals surface area contributed by atoms with Crippen molar-refractivity contribution in [1.82, 2.24) is 10.6 Å². The Kier molecular flexibility index (Phi) is 2.97. The number of hydrogen-bond acceptors (Lipinski definition) is 5. The Morgan fingerprint density at radius 1 is 1.33 bits per heavy atom. The molecule has 1 fully saturated rings. The maximum Gasteiger partial charge on any atom is 0.243 e. The standard InChI is InChI=1S/C11H12N2O5/c14-5-1-8(15)6(9(16)2-5)4-12-11(18)7-3-10(17)13-7/h1-2,7,14-16H,3-4H2,(H,12,18)(H,13,17)/t7-/m0/s1. The molecule has 0 aromatic heterocycles. The fourth-order valence-electron chi connectivity index (χ4n) is 1.62. The average molecular weight is 252 g/mol. The van der Waals surface area contributed by atoms with Gasteiger partial charge in [0.25, 0.3) is 0 Å². The van der Waals surface area contributed by atoms with Crippen molar-refractivity contribution in [3.8, 4) is 17.2 Å². The smallest absolute Gasteiger partial charge is 0.243 e. The number of β-lactam (4-membered cyclic amide) rings is 1. The zero-order chi connectivity index (χ0) is 13.3. The molecular weight excluding hydrogens is 240 g/mol. The highest BCUT2D eigenvalue weighted by Crippen LogP contribution is 2.31. The number of aromatic hydroxyl groups is 3. The maximum absolute atomic E-state index is 11.5. The first-order chi connectivity index (χ1) is 8.47. The van der Waals surface area contributed by atoms with Crippen LogP contribution in [-0.4, -0.2) is 33.2 Å². The van der Waals surface area contributed by atoms with E-state index >= 15 is 0 Å². The van der Waals surface area contributed by atoms with Gasteiger partial charge >= 0.3 is 0 Å². The first kappa shape index (κ1) is 12.0. The van der Waals surface area contributed by atoms with Gasteiger partial charge < -0.3 is 26.0 Å². The molecule has 1 saturated heterocycles. The number of amides is 2. The van der Waals surface area contributed by atoms with Crippen LogP contribution in [0, 0.1) is 0 Å². The molecule has 0 spiro atoms. The van der Waals surface area contributed by atoms with E-state index in [1.54, 1.807) is 0 Å². The third-order valence-corrected chi connectivity index (χ3v) is 2.67. The van der Waals surface area contributed by atoms with E-state index in [0.717, 1.165) is 12.1 Å². The summed E-state index contributed by atoms with van der Waals surface area (Å²) in [6, 6.07) is 1.57. The van der Waals surface area contributed by atoms with Crippen LogP contribution in [-0.2, 0) is 16.1 Å². The van der Waals surface area contributed by atoms with Crippen molar-refractivity contribution in [3.63, 3.8) is 0 Å². The summed E-state index contributed by atoms with van der Waals surface area (Å²) in [6.07, 6.45) is 0.138. The van der Waals surface area contributed by atoms with Gasteiger partial charge in [0.2, 0.25) is 11.8 Å². The van der Waals surface area contributed by atoms with E-state index in [0.29, 0.717) is 0 Å². The fraction of sp³-hybridized carbons (Fsp3) is 0.273. The molecule has 0 bridgehead atoms. The molecule has 0 radical (unpaired) electrons. The minimum Gasteiger partial charge on any atom is -0.508 e. The summed E-state index contributed by atoms with van der Waals surface area (Å²) >= 11 is 0. The molecule has 1 aliphatic heterocycles. The van der Waals surface area contributed by atoms with Crippen molar-refractivity contribution in [2.24, 2.45) is 0 Å². The number of hydrogen-bond donors (Lipinski definition) is 5. The van der Waals surface area contributed by atoms with Crippen molar-refractivity contribution in [2.45, 2.75) is 19.0 Å². The second-order valence-electron chi connectivity index (χ2n) is 4.00. The van der Waals surface area contributed by atoms with Gasteiger partial charge in [-0.3, -0.25) is 9.59 Å². The van der Waals surface area contributed by atoms with Gasteiger partial charge in [0, 0.05) is 12.1 Å². The molecule has 2 amide bonds. The molecule has 0 saturated carbocycles. The summed E-state index contributed by atoms with van der Waals surface area (Å²) in [5, 5.41) is 33.0. The van der Waals surface area contributed by atoms with Crippen molar-refractivity contribution in [2.75, 3.05) is 0 Å². The largest absolute Gasteiger partial charge is 0.508 e. The SMILES string of the molecule is O=C1C[C@@H](C(=O)NCc2c(O)cc(O)cc2O)N1. The van der Waals surface area contributed by atoms with Crippen LogP contribution in [0.4, 0.5) is 0 Å². The van der Waals surface area contributed by atoms with Crippen LogP contribution in [0.2, 0.25) is 0 Å². The quantitative estimate of drug-likeness (QED) is 0.456. The van der Waals surface area contributed by atoms with Crippen LogP contribution in [0.1, 0.15) is 12.0 Å². The molecule has 1 aromatic carbocycles. The molecule has 1 heterocycles. The van der Waals surface area contributed by atoms with Gasteiger partial charge in [0.15, 0.2) is 0 Å². The average Bonchev–Trinajstić information content (AvgIpc) is 2.23. The van der Waals surface area contributed by atoms with Crippen LogP contribution in [0.5, 0.6) is 17.2 Å². The van der Waals surface area contributed by atoms with E-state index in [4.69, 9.17) is 5.11 Å². The third-order valence-electron chi connectivity index (χ3n) is 2.67. The van der Waals surface area contributed by atoms with Crippen molar-refractivity contribution < 1.29 is 24.9 Å². The minimum absolute atomic E-state index is 0.0941. The highest BCUT2D eigenvalue weighted by Gasteiger charge is 2.31. The van der Waals surface area contributed by atoms with Crippen molar-refractivity contribution >= 4 is 11.8 Å². The van der Waals surface area contributed by atoms with Crippen LogP contribution in [0.25, 0.3) is 0 Å². The van der Waals surface area contributed by atoms with Crippen LogP contribution < -0.4 is 10.6 Å². The Hall–Kier alpha value is -2.44. The second-order valence-corrected chi connectivity index (χ2v) is 4.00. The summed E-state index contributed by atoms with van der Waals surface area (Å²) < 4.78 is 0. The molecule has 18 heavy (non-hydrogen) atoms. The predicted octanol–water partition coefficient (Wildman–Crippen LogP) is -0.692. The maximum atomic E-state index is 11.5. The van der Waals surface area contributed by atoms with Gasteiger partial charge in [-0.05, 0) is 0 Å². The van der Waals surface area contributed by atoms with E-state index in [2.05, 4.69) is 10.6 Å². The van der Waals surface area contributed by atoms with Crippen LogP contribution in [0.3, 0.4) is 0 Å². The lowest BCUT2D eigenvalue weighted by Gasteiger charge is -2.25. The molecule has 1 aromatic rings. The molecule has 1 atom stereocenters. The monoisotopic (exact) mass is 252 g/mol. The minimum atomic E-state index is -0.557. The first-order valence-electron chi connectivity index (χ1n) is 5.28. The Morgan fingerprint density at radius 3 is 2.39 bits per heavy atom.